The van der Waals surface area contributed by atoms with Crippen molar-refractivity contribution in [3.63, 3.8) is 0 Å². The number of carbonyl (C=O) groups excluding carboxylic acids is 1. The third-order valence-electron chi connectivity index (χ3n) is 6.06. The summed E-state index contributed by atoms with van der Waals surface area (Å²) in [4.78, 5) is 11.5. The van der Waals surface area contributed by atoms with E-state index < -0.39 is 24.3 Å². The SMILES string of the molecule is O=C(OC1c2ccccc2CC1NCc1ccc(-c2cccc(-c3cn[nH]n3)c2)cc1)C(F)(F)F. The van der Waals surface area contributed by atoms with Crippen molar-refractivity contribution in [2.24, 2.45) is 0 Å². The number of hydrogen-bond donors (Lipinski definition) is 2. The Hall–Kier alpha value is -3.98. The van der Waals surface area contributed by atoms with Crippen LogP contribution in [0.15, 0.2) is 79.0 Å². The van der Waals surface area contributed by atoms with Crippen LogP contribution < -0.4 is 5.32 Å². The molecule has 6 nitrogen and oxygen atoms in total. The Balaban J connectivity index is 1.28. The minimum atomic E-state index is -5.04. The lowest BCUT2D eigenvalue weighted by Crippen LogP contribution is -2.37. The highest BCUT2D eigenvalue weighted by atomic mass is 19.4. The Morgan fingerprint density at radius 3 is 2.51 bits per heavy atom. The molecule has 0 bridgehead atoms. The zero-order valence-corrected chi connectivity index (χ0v) is 18.4. The predicted octanol–water partition coefficient (Wildman–Crippen LogP) is 5.00. The molecule has 0 radical (unpaired) electrons. The number of aromatic nitrogens is 3. The standard InChI is InChI=1S/C26H21F3N4O2/c27-26(28,29)25(34)35-24-21-7-2-1-4-19(21)13-22(24)30-14-16-8-10-17(11-9-16)18-5-3-6-20(12-18)23-15-31-33-32-23/h1-12,15,22,24,30H,13-14H2,(H,31,32,33). The molecule has 2 unspecified atom stereocenters. The van der Waals surface area contributed by atoms with Gasteiger partial charge in [-0.05, 0) is 40.3 Å². The number of fused-ring (bicyclic) bond motifs is 1. The molecule has 0 saturated heterocycles. The minimum absolute atomic E-state index is 0.415. The summed E-state index contributed by atoms with van der Waals surface area (Å²) in [7, 11) is 0. The van der Waals surface area contributed by atoms with E-state index in [0.717, 1.165) is 33.5 Å². The molecule has 0 fully saturated rings. The first-order valence-corrected chi connectivity index (χ1v) is 11.0. The molecule has 35 heavy (non-hydrogen) atoms. The number of ether oxygens (including phenoxy) is 1. The number of carbonyl (C=O) groups is 1. The van der Waals surface area contributed by atoms with Gasteiger partial charge >= 0.3 is 12.1 Å². The van der Waals surface area contributed by atoms with Crippen molar-refractivity contribution in [3.8, 4) is 22.4 Å². The average molecular weight is 478 g/mol. The molecule has 0 saturated carbocycles. The van der Waals surface area contributed by atoms with Gasteiger partial charge in [-0.15, -0.1) is 0 Å². The Morgan fingerprint density at radius 1 is 1.00 bits per heavy atom. The highest BCUT2D eigenvalue weighted by molar-refractivity contribution is 5.76. The second-order valence-corrected chi connectivity index (χ2v) is 8.35. The van der Waals surface area contributed by atoms with Crippen LogP contribution in [0.2, 0.25) is 0 Å². The van der Waals surface area contributed by atoms with Gasteiger partial charge in [-0.1, -0.05) is 66.7 Å². The summed E-state index contributed by atoms with van der Waals surface area (Å²) in [6.45, 7) is 0.415. The number of alkyl halides is 3. The Labute approximate surface area is 199 Å². The number of nitrogens with one attached hydrogen (secondary N) is 2. The van der Waals surface area contributed by atoms with Gasteiger partial charge in [0.25, 0.3) is 0 Å². The van der Waals surface area contributed by atoms with E-state index in [2.05, 4.69) is 20.7 Å². The van der Waals surface area contributed by atoms with Gasteiger partial charge in [0, 0.05) is 12.1 Å². The summed E-state index contributed by atoms with van der Waals surface area (Å²) in [5, 5.41) is 13.8. The maximum absolute atomic E-state index is 12.8. The van der Waals surface area contributed by atoms with Gasteiger partial charge in [-0.3, -0.25) is 0 Å². The number of benzene rings is 3. The van der Waals surface area contributed by atoms with Crippen LogP contribution in [0.25, 0.3) is 22.4 Å². The van der Waals surface area contributed by atoms with Crippen LogP contribution in [0, 0.1) is 0 Å². The van der Waals surface area contributed by atoms with Crippen molar-refractivity contribution in [2.45, 2.75) is 31.3 Å². The fraction of sp³-hybridized carbons (Fsp3) is 0.192. The molecule has 2 N–H and O–H groups in total. The van der Waals surface area contributed by atoms with Crippen molar-refractivity contribution in [3.05, 3.63) is 95.7 Å². The van der Waals surface area contributed by atoms with Crippen LogP contribution in [0.5, 0.6) is 0 Å². The lowest BCUT2D eigenvalue weighted by atomic mass is 10.0. The molecule has 9 heteroatoms. The van der Waals surface area contributed by atoms with E-state index in [0.29, 0.717) is 18.5 Å². The minimum Gasteiger partial charge on any atom is -0.449 e. The van der Waals surface area contributed by atoms with Gasteiger partial charge in [0.15, 0.2) is 0 Å². The zero-order valence-electron chi connectivity index (χ0n) is 18.4. The first-order chi connectivity index (χ1) is 16.9. The fourth-order valence-electron chi connectivity index (χ4n) is 4.33. The van der Waals surface area contributed by atoms with E-state index >= 15 is 0 Å². The maximum Gasteiger partial charge on any atom is 0.490 e. The number of nitrogens with zero attached hydrogens (tertiary/aromatic N) is 2. The fourth-order valence-corrected chi connectivity index (χ4v) is 4.33. The van der Waals surface area contributed by atoms with Crippen LogP contribution in [0.3, 0.4) is 0 Å². The molecule has 1 aliphatic carbocycles. The lowest BCUT2D eigenvalue weighted by molar-refractivity contribution is -0.206. The van der Waals surface area contributed by atoms with Crippen molar-refractivity contribution in [1.82, 2.24) is 20.7 Å². The van der Waals surface area contributed by atoms with E-state index in [4.69, 9.17) is 4.74 Å². The Morgan fingerprint density at radius 2 is 1.77 bits per heavy atom. The topological polar surface area (TPSA) is 79.9 Å². The number of esters is 1. The van der Waals surface area contributed by atoms with Crippen LogP contribution in [0.4, 0.5) is 13.2 Å². The van der Waals surface area contributed by atoms with Gasteiger partial charge in [-0.2, -0.15) is 28.6 Å². The summed E-state index contributed by atoms with van der Waals surface area (Å²) in [6, 6.07) is 22.5. The first-order valence-electron chi connectivity index (χ1n) is 11.0. The highest BCUT2D eigenvalue weighted by Crippen LogP contribution is 2.36. The molecule has 0 aliphatic heterocycles. The largest absolute Gasteiger partial charge is 0.490 e. The smallest absolute Gasteiger partial charge is 0.449 e. The van der Waals surface area contributed by atoms with Crippen LogP contribution >= 0.6 is 0 Å². The normalized spacial score (nSPS) is 17.2. The van der Waals surface area contributed by atoms with E-state index in [9.17, 15) is 18.0 Å². The summed E-state index contributed by atoms with van der Waals surface area (Å²) < 4.78 is 43.4. The monoisotopic (exact) mass is 478 g/mol. The molecular weight excluding hydrogens is 457 g/mol. The molecule has 2 atom stereocenters. The van der Waals surface area contributed by atoms with E-state index in [1.807, 2.05) is 60.7 Å². The molecule has 0 amide bonds. The quantitative estimate of drug-likeness (QED) is 0.382. The van der Waals surface area contributed by atoms with E-state index in [1.165, 1.54) is 0 Å². The summed E-state index contributed by atoms with van der Waals surface area (Å²) in [6.07, 6.45) is -3.91. The summed E-state index contributed by atoms with van der Waals surface area (Å²) in [5.74, 6) is -2.18. The van der Waals surface area contributed by atoms with Gasteiger partial charge in [0.05, 0.1) is 12.2 Å². The Bertz CT molecular complexity index is 1320. The molecular formula is C26H21F3N4O2. The highest BCUT2D eigenvalue weighted by Gasteiger charge is 2.45. The molecule has 3 aromatic carbocycles. The predicted molar refractivity (Wildman–Crippen MR) is 123 cm³/mol. The number of hydrogen-bond acceptors (Lipinski definition) is 5. The number of H-pyrrole nitrogens is 1. The lowest BCUT2D eigenvalue weighted by Gasteiger charge is -2.23. The van der Waals surface area contributed by atoms with Crippen molar-refractivity contribution in [1.29, 1.82) is 0 Å². The molecule has 1 heterocycles. The van der Waals surface area contributed by atoms with Crippen LogP contribution in [-0.2, 0) is 22.5 Å². The number of halogens is 3. The molecule has 1 aliphatic rings. The maximum atomic E-state index is 12.8. The molecule has 4 aromatic rings. The molecule has 0 spiro atoms. The van der Waals surface area contributed by atoms with Crippen LogP contribution in [-0.4, -0.2) is 33.6 Å². The first kappa shape index (κ1) is 22.8. The molecule has 178 valence electrons. The Kier molecular flexibility index (Phi) is 6.08. The third-order valence-corrected chi connectivity index (χ3v) is 6.06. The summed E-state index contributed by atoms with van der Waals surface area (Å²) >= 11 is 0. The van der Waals surface area contributed by atoms with Crippen molar-refractivity contribution in [2.75, 3.05) is 0 Å². The molecule has 1 aromatic heterocycles. The molecule has 5 rings (SSSR count). The van der Waals surface area contributed by atoms with Gasteiger partial charge in [0.1, 0.15) is 11.8 Å². The van der Waals surface area contributed by atoms with Crippen LogP contribution in [0.1, 0.15) is 22.8 Å². The number of rotatable bonds is 6. The summed E-state index contributed by atoms with van der Waals surface area (Å²) in [5.41, 5.74) is 6.17. The number of aromatic amines is 1. The van der Waals surface area contributed by atoms with E-state index in [-0.39, 0.29) is 0 Å². The second kappa shape index (κ2) is 9.34. The van der Waals surface area contributed by atoms with Crippen molar-refractivity contribution < 1.29 is 22.7 Å². The third kappa shape index (κ3) is 4.95. The zero-order chi connectivity index (χ0) is 24.4. The van der Waals surface area contributed by atoms with Gasteiger partial charge in [-0.25, -0.2) is 4.79 Å². The van der Waals surface area contributed by atoms with Crippen molar-refractivity contribution >= 4 is 5.97 Å². The van der Waals surface area contributed by atoms with E-state index in [1.54, 1.807) is 18.3 Å². The van der Waals surface area contributed by atoms with Gasteiger partial charge in [0.2, 0.25) is 0 Å². The second-order valence-electron chi connectivity index (χ2n) is 8.35. The average Bonchev–Trinajstić information content (AvgIpc) is 3.51. The van der Waals surface area contributed by atoms with Gasteiger partial charge < -0.3 is 10.1 Å².